The van der Waals surface area contributed by atoms with Gasteiger partial charge in [0.1, 0.15) is 5.75 Å². The van der Waals surface area contributed by atoms with E-state index < -0.39 is 5.97 Å². The summed E-state index contributed by atoms with van der Waals surface area (Å²) < 4.78 is 5.42. The predicted molar refractivity (Wildman–Crippen MR) is 81.5 cm³/mol. The Kier molecular flexibility index (Phi) is 6.21. The summed E-state index contributed by atoms with van der Waals surface area (Å²) in [4.78, 5) is 22.2. The number of hydrogen-bond donors (Lipinski definition) is 2. The van der Waals surface area contributed by atoms with Crippen LogP contribution in [0.25, 0.3) is 0 Å². The highest BCUT2D eigenvalue weighted by atomic mass is 16.5. The van der Waals surface area contributed by atoms with Gasteiger partial charge in [-0.05, 0) is 36.1 Å². The zero-order chi connectivity index (χ0) is 15.9. The van der Waals surface area contributed by atoms with Crippen LogP contribution in [0.15, 0.2) is 24.3 Å². The Hall–Kier alpha value is -2.04. The van der Waals surface area contributed by atoms with Crippen LogP contribution in [-0.2, 0) is 9.59 Å². The third-order valence-electron chi connectivity index (χ3n) is 2.63. The van der Waals surface area contributed by atoms with Gasteiger partial charge in [0.05, 0.1) is 6.61 Å². The highest BCUT2D eigenvalue weighted by Crippen LogP contribution is 2.21. The number of rotatable bonds is 7. The number of amides is 1. The third-order valence-corrected chi connectivity index (χ3v) is 2.63. The monoisotopic (exact) mass is 293 g/mol. The lowest BCUT2D eigenvalue weighted by Crippen LogP contribution is -2.19. The number of anilines is 1. The van der Waals surface area contributed by atoms with Crippen LogP contribution in [0.4, 0.5) is 5.69 Å². The van der Waals surface area contributed by atoms with E-state index >= 15 is 0 Å². The number of aliphatic carboxylic acids is 1. The molecule has 0 aromatic heterocycles. The first-order chi connectivity index (χ1) is 9.76. The van der Waals surface area contributed by atoms with Gasteiger partial charge in [-0.25, -0.2) is 0 Å². The Bertz CT molecular complexity index is 474. The normalized spacial score (nSPS) is 11.0. The number of carboxylic acids is 1. The molecule has 5 nitrogen and oxygen atoms in total. The first-order valence-electron chi connectivity index (χ1n) is 7.01. The molecule has 1 aromatic rings. The maximum atomic E-state index is 11.8. The van der Waals surface area contributed by atoms with Crippen LogP contribution in [0, 0.1) is 5.41 Å². The Morgan fingerprint density at radius 2 is 1.81 bits per heavy atom. The van der Waals surface area contributed by atoms with Gasteiger partial charge in [-0.3, -0.25) is 9.59 Å². The molecular weight excluding hydrogens is 270 g/mol. The first-order valence-corrected chi connectivity index (χ1v) is 7.01. The second-order valence-corrected chi connectivity index (χ2v) is 6.16. The molecule has 0 heterocycles. The molecule has 0 saturated carbocycles. The van der Waals surface area contributed by atoms with E-state index in [1.807, 2.05) is 20.8 Å². The van der Waals surface area contributed by atoms with Crippen molar-refractivity contribution in [1.82, 2.24) is 0 Å². The molecule has 1 rings (SSSR count). The van der Waals surface area contributed by atoms with E-state index in [0.29, 0.717) is 25.2 Å². The van der Waals surface area contributed by atoms with Crippen molar-refractivity contribution in [2.24, 2.45) is 5.41 Å². The standard InChI is InChI=1S/C16H23NO4/c1-16(2,3)11-14(18)17-12-6-8-13(9-7-12)21-10-4-5-15(19)20/h6-9H,4-5,10-11H2,1-3H3,(H,17,18)(H,19,20). The summed E-state index contributed by atoms with van der Waals surface area (Å²) in [6.07, 6.45) is 1.03. The van der Waals surface area contributed by atoms with E-state index in [0.717, 1.165) is 5.69 Å². The maximum absolute atomic E-state index is 11.8. The van der Waals surface area contributed by atoms with E-state index in [1.165, 1.54) is 0 Å². The van der Waals surface area contributed by atoms with E-state index in [1.54, 1.807) is 24.3 Å². The second kappa shape index (κ2) is 7.67. The Labute approximate surface area is 125 Å². The summed E-state index contributed by atoms with van der Waals surface area (Å²) >= 11 is 0. The predicted octanol–water partition coefficient (Wildman–Crippen LogP) is 3.30. The Morgan fingerprint density at radius 3 is 2.33 bits per heavy atom. The minimum atomic E-state index is -0.824. The summed E-state index contributed by atoms with van der Waals surface area (Å²) in [7, 11) is 0. The van der Waals surface area contributed by atoms with Crippen LogP contribution in [0.3, 0.4) is 0 Å². The molecule has 0 radical (unpaired) electrons. The summed E-state index contributed by atoms with van der Waals surface area (Å²) in [5, 5.41) is 11.4. The summed E-state index contributed by atoms with van der Waals surface area (Å²) in [5.74, 6) is -0.178. The van der Waals surface area contributed by atoms with Crippen LogP contribution >= 0.6 is 0 Å². The van der Waals surface area contributed by atoms with Crippen molar-refractivity contribution in [1.29, 1.82) is 0 Å². The molecule has 0 spiro atoms. The fourth-order valence-electron chi connectivity index (χ4n) is 1.73. The van der Waals surface area contributed by atoms with Gasteiger partial charge in [-0.15, -0.1) is 0 Å². The molecule has 0 saturated heterocycles. The van der Waals surface area contributed by atoms with Gasteiger partial charge in [0, 0.05) is 18.5 Å². The highest BCUT2D eigenvalue weighted by Gasteiger charge is 2.15. The number of nitrogens with one attached hydrogen (secondary N) is 1. The van der Waals surface area contributed by atoms with E-state index in [2.05, 4.69) is 5.32 Å². The zero-order valence-corrected chi connectivity index (χ0v) is 12.8. The van der Waals surface area contributed by atoms with Crippen LogP contribution in [0.5, 0.6) is 5.75 Å². The smallest absolute Gasteiger partial charge is 0.303 e. The average molecular weight is 293 g/mol. The van der Waals surface area contributed by atoms with Crippen molar-refractivity contribution in [3.05, 3.63) is 24.3 Å². The van der Waals surface area contributed by atoms with Crippen molar-refractivity contribution < 1.29 is 19.4 Å². The van der Waals surface area contributed by atoms with Gasteiger partial charge >= 0.3 is 5.97 Å². The van der Waals surface area contributed by atoms with Crippen molar-refractivity contribution in [3.63, 3.8) is 0 Å². The van der Waals surface area contributed by atoms with Gasteiger partial charge in [0.25, 0.3) is 0 Å². The van der Waals surface area contributed by atoms with E-state index in [4.69, 9.17) is 9.84 Å². The van der Waals surface area contributed by atoms with Crippen LogP contribution in [0.1, 0.15) is 40.0 Å². The molecule has 5 heteroatoms. The summed E-state index contributed by atoms with van der Waals surface area (Å²) in [6, 6.07) is 7.06. The quantitative estimate of drug-likeness (QED) is 0.756. The van der Waals surface area contributed by atoms with Gasteiger partial charge in [-0.2, -0.15) is 0 Å². The van der Waals surface area contributed by atoms with E-state index in [9.17, 15) is 9.59 Å². The Morgan fingerprint density at radius 1 is 1.19 bits per heavy atom. The summed E-state index contributed by atoms with van der Waals surface area (Å²) in [6.45, 7) is 6.41. The molecular formula is C16H23NO4. The van der Waals surface area contributed by atoms with E-state index in [-0.39, 0.29) is 17.7 Å². The molecule has 0 atom stereocenters. The molecule has 0 unspecified atom stereocenters. The maximum Gasteiger partial charge on any atom is 0.303 e. The Balaban J connectivity index is 2.40. The van der Waals surface area contributed by atoms with Crippen LogP contribution in [-0.4, -0.2) is 23.6 Å². The molecule has 0 bridgehead atoms. The molecule has 116 valence electrons. The fourth-order valence-corrected chi connectivity index (χ4v) is 1.73. The molecule has 2 N–H and O–H groups in total. The molecule has 1 aromatic carbocycles. The zero-order valence-electron chi connectivity index (χ0n) is 12.8. The number of carbonyl (C=O) groups excluding carboxylic acids is 1. The minimum Gasteiger partial charge on any atom is -0.494 e. The molecule has 0 aliphatic heterocycles. The number of carbonyl (C=O) groups is 2. The SMILES string of the molecule is CC(C)(C)CC(=O)Nc1ccc(OCCCC(=O)O)cc1. The van der Waals surface area contributed by atoms with Gasteiger partial charge in [0.2, 0.25) is 5.91 Å². The van der Waals surface area contributed by atoms with Crippen molar-refractivity contribution in [2.45, 2.75) is 40.0 Å². The number of hydrogen-bond acceptors (Lipinski definition) is 3. The van der Waals surface area contributed by atoms with Gasteiger partial charge < -0.3 is 15.2 Å². The van der Waals surface area contributed by atoms with Crippen molar-refractivity contribution in [3.8, 4) is 5.75 Å². The molecule has 0 aliphatic rings. The van der Waals surface area contributed by atoms with Crippen LogP contribution in [0.2, 0.25) is 0 Å². The minimum absolute atomic E-state index is 0.0161. The lowest BCUT2D eigenvalue weighted by Gasteiger charge is -2.17. The van der Waals surface area contributed by atoms with Crippen molar-refractivity contribution in [2.75, 3.05) is 11.9 Å². The molecule has 0 aliphatic carbocycles. The molecule has 1 amide bonds. The second-order valence-electron chi connectivity index (χ2n) is 6.16. The lowest BCUT2D eigenvalue weighted by molar-refractivity contribution is -0.137. The third kappa shape index (κ3) is 7.97. The summed E-state index contributed by atoms with van der Waals surface area (Å²) in [5.41, 5.74) is 0.680. The largest absolute Gasteiger partial charge is 0.494 e. The molecule has 21 heavy (non-hydrogen) atoms. The lowest BCUT2D eigenvalue weighted by atomic mass is 9.92. The topological polar surface area (TPSA) is 75.6 Å². The number of ether oxygens (including phenoxy) is 1. The van der Waals surface area contributed by atoms with Gasteiger partial charge in [0.15, 0.2) is 0 Å². The molecule has 0 fully saturated rings. The van der Waals surface area contributed by atoms with Crippen LogP contribution < -0.4 is 10.1 Å². The number of benzene rings is 1. The fraction of sp³-hybridized carbons (Fsp3) is 0.500. The highest BCUT2D eigenvalue weighted by molar-refractivity contribution is 5.91. The average Bonchev–Trinajstić information content (AvgIpc) is 2.34. The number of carboxylic acid groups (broad SMARTS) is 1. The van der Waals surface area contributed by atoms with Crippen molar-refractivity contribution >= 4 is 17.6 Å². The first kappa shape index (κ1) is 17.0. The van der Waals surface area contributed by atoms with Gasteiger partial charge in [-0.1, -0.05) is 20.8 Å².